The van der Waals surface area contributed by atoms with Crippen molar-refractivity contribution in [1.82, 2.24) is 5.32 Å². The summed E-state index contributed by atoms with van der Waals surface area (Å²) in [5.74, 6) is -0.838. The second-order valence-electron chi connectivity index (χ2n) is 6.57. The van der Waals surface area contributed by atoms with E-state index in [9.17, 15) is 23.3 Å². The van der Waals surface area contributed by atoms with Crippen molar-refractivity contribution in [3.63, 3.8) is 0 Å². The van der Waals surface area contributed by atoms with Gasteiger partial charge in [-0.3, -0.25) is 4.79 Å². The van der Waals surface area contributed by atoms with Gasteiger partial charge in [-0.05, 0) is 30.7 Å². The lowest BCUT2D eigenvalue weighted by Crippen LogP contribution is -2.40. The van der Waals surface area contributed by atoms with Crippen LogP contribution in [0.4, 0.5) is 5.69 Å². The number of ether oxygens (including phenoxy) is 1. The van der Waals surface area contributed by atoms with E-state index in [4.69, 9.17) is 4.74 Å². The summed E-state index contributed by atoms with van der Waals surface area (Å²) in [7, 11) is -2.94. The molecule has 0 bridgehead atoms. The fraction of sp³-hybridized carbons (Fsp3) is 0.350. The van der Waals surface area contributed by atoms with Crippen LogP contribution in [0.25, 0.3) is 6.08 Å². The highest BCUT2D eigenvalue weighted by Crippen LogP contribution is 2.19. The molecule has 29 heavy (non-hydrogen) atoms. The van der Waals surface area contributed by atoms with Crippen LogP contribution in [-0.4, -0.2) is 58.0 Å². The lowest BCUT2D eigenvalue weighted by atomic mass is 10.1. The molecule has 1 aromatic carbocycles. The fourth-order valence-electron chi connectivity index (χ4n) is 2.59. The van der Waals surface area contributed by atoms with Gasteiger partial charge in [0.2, 0.25) is 0 Å². The standard InChI is InChI=1S/C20H23N3O5S/c1-15(2)20(25)28-10-7-22-19(24)17(14-21)13-16-3-5-18(6-4-16)23-8-11-29(26,27)12-9-23/h3-6,13H,1,7-12H2,2H3,(H,22,24)/b17-13+. The van der Waals surface area contributed by atoms with E-state index in [0.29, 0.717) is 18.7 Å². The summed E-state index contributed by atoms with van der Waals surface area (Å²) in [6.45, 7) is 5.93. The summed E-state index contributed by atoms with van der Waals surface area (Å²) >= 11 is 0. The van der Waals surface area contributed by atoms with E-state index in [-0.39, 0.29) is 35.8 Å². The van der Waals surface area contributed by atoms with Gasteiger partial charge in [-0.25, -0.2) is 13.2 Å². The second-order valence-corrected chi connectivity index (χ2v) is 8.88. The van der Waals surface area contributed by atoms with Gasteiger partial charge in [0.15, 0.2) is 9.84 Å². The van der Waals surface area contributed by atoms with E-state index in [1.165, 1.54) is 13.0 Å². The Morgan fingerprint density at radius 3 is 2.45 bits per heavy atom. The quantitative estimate of drug-likeness (QED) is 0.305. The van der Waals surface area contributed by atoms with Crippen LogP contribution in [0, 0.1) is 11.3 Å². The largest absolute Gasteiger partial charge is 0.460 e. The molecular weight excluding hydrogens is 394 g/mol. The van der Waals surface area contributed by atoms with Crippen LogP contribution in [-0.2, 0) is 24.2 Å². The number of benzene rings is 1. The molecule has 0 spiro atoms. The Kier molecular flexibility index (Phi) is 7.56. The molecule has 154 valence electrons. The molecule has 0 saturated carbocycles. The SMILES string of the molecule is C=C(C)C(=O)OCCNC(=O)/C(C#N)=C/c1ccc(N2CCS(=O)(=O)CC2)cc1. The zero-order valence-corrected chi connectivity index (χ0v) is 17.0. The molecular formula is C20H23N3O5S. The van der Waals surface area contributed by atoms with E-state index in [0.717, 1.165) is 5.69 Å². The number of carbonyl (C=O) groups is 2. The second kappa shape index (κ2) is 9.89. The smallest absolute Gasteiger partial charge is 0.333 e. The number of amides is 1. The molecule has 0 radical (unpaired) electrons. The van der Waals surface area contributed by atoms with Crippen molar-refractivity contribution >= 4 is 33.5 Å². The minimum Gasteiger partial charge on any atom is -0.460 e. The predicted octanol–water partition coefficient (Wildman–Crippen LogP) is 1.06. The summed E-state index contributed by atoms with van der Waals surface area (Å²) < 4.78 is 27.9. The lowest BCUT2D eigenvalue weighted by molar-refractivity contribution is -0.139. The third-order valence-electron chi connectivity index (χ3n) is 4.25. The molecule has 9 heteroatoms. The zero-order valence-electron chi connectivity index (χ0n) is 16.2. The van der Waals surface area contributed by atoms with Crippen LogP contribution in [0.2, 0.25) is 0 Å². The zero-order chi connectivity index (χ0) is 21.4. The van der Waals surface area contributed by atoms with Crippen molar-refractivity contribution in [3.8, 4) is 6.07 Å². The number of sulfone groups is 1. The molecule has 1 fully saturated rings. The Labute approximate surface area is 170 Å². The van der Waals surface area contributed by atoms with Crippen LogP contribution < -0.4 is 10.2 Å². The first kappa shape index (κ1) is 22.2. The van der Waals surface area contributed by atoms with Crippen LogP contribution in [0.15, 0.2) is 42.0 Å². The maximum Gasteiger partial charge on any atom is 0.333 e. The number of anilines is 1. The summed E-state index contributed by atoms with van der Waals surface area (Å²) in [6.07, 6.45) is 1.46. The minimum atomic E-state index is -2.94. The number of carbonyl (C=O) groups excluding carboxylic acids is 2. The molecule has 1 aliphatic rings. The Balaban J connectivity index is 1.93. The summed E-state index contributed by atoms with van der Waals surface area (Å²) in [4.78, 5) is 25.4. The van der Waals surface area contributed by atoms with Crippen LogP contribution in [0.5, 0.6) is 0 Å². The molecule has 0 atom stereocenters. The average Bonchev–Trinajstić information content (AvgIpc) is 2.69. The van der Waals surface area contributed by atoms with Crippen LogP contribution in [0.3, 0.4) is 0 Å². The lowest BCUT2D eigenvalue weighted by Gasteiger charge is -2.28. The van der Waals surface area contributed by atoms with Gasteiger partial charge in [0, 0.05) is 24.4 Å². The number of nitrogens with one attached hydrogen (secondary N) is 1. The Morgan fingerprint density at radius 1 is 1.28 bits per heavy atom. The van der Waals surface area contributed by atoms with Crippen molar-refractivity contribution in [1.29, 1.82) is 5.26 Å². The Hall–Kier alpha value is -3.12. The summed E-state index contributed by atoms with van der Waals surface area (Å²) in [5, 5.41) is 11.8. The van der Waals surface area contributed by atoms with Gasteiger partial charge < -0.3 is 15.0 Å². The predicted molar refractivity (Wildman–Crippen MR) is 110 cm³/mol. The molecule has 0 aliphatic carbocycles. The van der Waals surface area contributed by atoms with Gasteiger partial charge in [-0.2, -0.15) is 5.26 Å². The molecule has 1 saturated heterocycles. The van der Waals surface area contributed by atoms with Crippen molar-refractivity contribution in [2.24, 2.45) is 0 Å². The molecule has 1 heterocycles. The number of hydrogen-bond acceptors (Lipinski definition) is 7. The van der Waals surface area contributed by atoms with Gasteiger partial charge in [0.05, 0.1) is 18.1 Å². The van der Waals surface area contributed by atoms with Gasteiger partial charge >= 0.3 is 5.97 Å². The van der Waals surface area contributed by atoms with Gasteiger partial charge in [0.25, 0.3) is 5.91 Å². The summed E-state index contributed by atoms with van der Waals surface area (Å²) in [5.41, 5.74) is 1.75. The summed E-state index contributed by atoms with van der Waals surface area (Å²) in [6, 6.07) is 9.03. The topological polar surface area (TPSA) is 117 Å². The molecule has 2 rings (SSSR count). The number of nitrogens with zero attached hydrogens (tertiary/aromatic N) is 2. The molecule has 0 aromatic heterocycles. The maximum atomic E-state index is 12.1. The highest BCUT2D eigenvalue weighted by Gasteiger charge is 2.21. The molecule has 1 aromatic rings. The van der Waals surface area contributed by atoms with Crippen molar-refractivity contribution in [3.05, 3.63) is 47.6 Å². The van der Waals surface area contributed by atoms with Crippen molar-refractivity contribution in [2.75, 3.05) is 42.6 Å². The van der Waals surface area contributed by atoms with E-state index in [1.54, 1.807) is 12.1 Å². The third kappa shape index (κ3) is 6.76. The maximum absolute atomic E-state index is 12.1. The first-order valence-electron chi connectivity index (χ1n) is 9.00. The van der Waals surface area contributed by atoms with E-state index in [2.05, 4.69) is 11.9 Å². The third-order valence-corrected chi connectivity index (χ3v) is 5.86. The van der Waals surface area contributed by atoms with Crippen molar-refractivity contribution in [2.45, 2.75) is 6.92 Å². The van der Waals surface area contributed by atoms with Gasteiger partial charge in [0.1, 0.15) is 18.2 Å². The Morgan fingerprint density at radius 2 is 1.90 bits per heavy atom. The molecule has 1 amide bonds. The van der Waals surface area contributed by atoms with Gasteiger partial charge in [-0.1, -0.05) is 18.7 Å². The van der Waals surface area contributed by atoms with E-state index < -0.39 is 21.7 Å². The number of nitriles is 1. The molecule has 8 nitrogen and oxygen atoms in total. The molecule has 0 unspecified atom stereocenters. The molecule has 1 aliphatic heterocycles. The van der Waals surface area contributed by atoms with Crippen LogP contribution >= 0.6 is 0 Å². The number of hydrogen-bond donors (Lipinski definition) is 1. The van der Waals surface area contributed by atoms with Crippen molar-refractivity contribution < 1.29 is 22.7 Å². The first-order chi connectivity index (χ1) is 13.7. The normalized spacial score (nSPS) is 15.9. The van der Waals surface area contributed by atoms with Gasteiger partial charge in [-0.15, -0.1) is 0 Å². The van der Waals surface area contributed by atoms with E-state index >= 15 is 0 Å². The monoisotopic (exact) mass is 417 g/mol. The minimum absolute atomic E-state index is 0.0175. The average molecular weight is 417 g/mol. The number of esters is 1. The fourth-order valence-corrected chi connectivity index (χ4v) is 3.80. The highest BCUT2D eigenvalue weighted by molar-refractivity contribution is 7.91. The Bertz CT molecular complexity index is 945. The van der Waals surface area contributed by atoms with E-state index in [1.807, 2.05) is 23.1 Å². The highest BCUT2D eigenvalue weighted by atomic mass is 32.2. The number of rotatable bonds is 7. The first-order valence-corrected chi connectivity index (χ1v) is 10.8. The molecule has 1 N–H and O–H groups in total. The van der Waals surface area contributed by atoms with Crippen LogP contribution in [0.1, 0.15) is 12.5 Å².